The van der Waals surface area contributed by atoms with Crippen LogP contribution in [0.15, 0.2) is 0 Å². The number of rotatable bonds is 8. The third-order valence-electron chi connectivity index (χ3n) is 5.70. The van der Waals surface area contributed by atoms with E-state index in [1.807, 2.05) is 7.11 Å². The van der Waals surface area contributed by atoms with Crippen molar-refractivity contribution in [1.29, 1.82) is 0 Å². The van der Waals surface area contributed by atoms with Crippen molar-refractivity contribution in [2.75, 3.05) is 20.3 Å². The van der Waals surface area contributed by atoms with E-state index in [-0.39, 0.29) is 0 Å². The van der Waals surface area contributed by atoms with E-state index < -0.39 is 0 Å². The molecule has 0 saturated heterocycles. The average molecular weight is 251 g/mol. The van der Waals surface area contributed by atoms with Crippen molar-refractivity contribution in [3.8, 4) is 0 Å². The Morgan fingerprint density at radius 3 is 2.67 bits per heavy atom. The first-order chi connectivity index (χ1) is 8.82. The van der Waals surface area contributed by atoms with Crippen molar-refractivity contribution in [3.05, 3.63) is 0 Å². The van der Waals surface area contributed by atoms with Crippen LogP contribution in [0, 0.1) is 17.3 Å². The summed E-state index contributed by atoms with van der Waals surface area (Å²) in [5.41, 5.74) is 0.666. The summed E-state index contributed by atoms with van der Waals surface area (Å²) in [7, 11) is 1.82. The lowest BCUT2D eigenvalue weighted by molar-refractivity contribution is 0.128. The lowest BCUT2D eigenvalue weighted by Crippen LogP contribution is -2.39. The molecule has 3 atom stereocenters. The summed E-state index contributed by atoms with van der Waals surface area (Å²) in [6, 6.07) is 0.875. The molecule has 0 aromatic heterocycles. The van der Waals surface area contributed by atoms with E-state index in [0.717, 1.165) is 24.5 Å². The molecule has 18 heavy (non-hydrogen) atoms. The molecular formula is C16H29NO. The minimum atomic E-state index is 0.666. The van der Waals surface area contributed by atoms with Crippen LogP contribution in [0.4, 0.5) is 0 Å². The summed E-state index contributed by atoms with van der Waals surface area (Å²) in [5, 5.41) is 3.83. The van der Waals surface area contributed by atoms with Crippen LogP contribution in [0.3, 0.4) is 0 Å². The highest BCUT2D eigenvalue weighted by molar-refractivity contribution is 5.02. The maximum atomic E-state index is 5.19. The SMILES string of the molecule is COCCCCC1(CNC2CC2)CC2CCC1C2. The quantitative estimate of drug-likeness (QED) is 0.668. The van der Waals surface area contributed by atoms with Gasteiger partial charge in [-0.2, -0.15) is 0 Å². The summed E-state index contributed by atoms with van der Waals surface area (Å²) in [5.74, 6) is 2.11. The molecule has 104 valence electrons. The minimum Gasteiger partial charge on any atom is -0.385 e. The smallest absolute Gasteiger partial charge is 0.0462 e. The maximum Gasteiger partial charge on any atom is 0.0462 e. The zero-order valence-electron chi connectivity index (χ0n) is 11.9. The van der Waals surface area contributed by atoms with Gasteiger partial charge in [0, 0.05) is 26.3 Å². The van der Waals surface area contributed by atoms with Crippen LogP contribution >= 0.6 is 0 Å². The lowest BCUT2D eigenvalue weighted by Gasteiger charge is -2.38. The minimum absolute atomic E-state index is 0.666. The van der Waals surface area contributed by atoms with Gasteiger partial charge in [0.2, 0.25) is 0 Å². The fourth-order valence-electron chi connectivity index (χ4n) is 4.53. The van der Waals surface area contributed by atoms with Crippen LogP contribution in [0.1, 0.15) is 57.8 Å². The second-order valence-electron chi connectivity index (χ2n) is 7.05. The number of methoxy groups -OCH3 is 1. The van der Waals surface area contributed by atoms with Crippen molar-refractivity contribution >= 4 is 0 Å². The Morgan fingerprint density at radius 2 is 2.06 bits per heavy atom. The maximum absolute atomic E-state index is 5.19. The number of hydrogen-bond donors (Lipinski definition) is 1. The Kier molecular flexibility index (Phi) is 3.95. The fourth-order valence-corrected chi connectivity index (χ4v) is 4.53. The highest BCUT2D eigenvalue weighted by Gasteiger charge is 2.50. The summed E-state index contributed by atoms with van der Waals surface area (Å²) in [6.07, 6.45) is 13.0. The molecule has 2 nitrogen and oxygen atoms in total. The Labute approximate surface area is 112 Å². The van der Waals surface area contributed by atoms with Gasteiger partial charge in [-0.05, 0) is 62.2 Å². The Balaban J connectivity index is 1.53. The van der Waals surface area contributed by atoms with Gasteiger partial charge in [0.1, 0.15) is 0 Å². The van der Waals surface area contributed by atoms with Crippen molar-refractivity contribution in [3.63, 3.8) is 0 Å². The molecule has 2 bridgehead atoms. The van der Waals surface area contributed by atoms with Gasteiger partial charge in [-0.15, -0.1) is 0 Å². The first-order valence-corrected chi connectivity index (χ1v) is 8.05. The van der Waals surface area contributed by atoms with E-state index in [9.17, 15) is 0 Å². The van der Waals surface area contributed by atoms with Crippen LogP contribution in [-0.2, 0) is 4.74 Å². The third-order valence-corrected chi connectivity index (χ3v) is 5.70. The topological polar surface area (TPSA) is 21.3 Å². The van der Waals surface area contributed by atoms with Gasteiger partial charge >= 0.3 is 0 Å². The van der Waals surface area contributed by atoms with E-state index >= 15 is 0 Å². The zero-order chi connectivity index (χ0) is 12.4. The zero-order valence-corrected chi connectivity index (χ0v) is 11.9. The second-order valence-corrected chi connectivity index (χ2v) is 7.05. The molecule has 2 heteroatoms. The number of fused-ring (bicyclic) bond motifs is 2. The molecular weight excluding hydrogens is 222 g/mol. The molecule has 3 unspecified atom stereocenters. The molecule has 0 spiro atoms. The Hall–Kier alpha value is -0.0800. The summed E-state index contributed by atoms with van der Waals surface area (Å²) < 4.78 is 5.19. The molecule has 1 N–H and O–H groups in total. The van der Waals surface area contributed by atoms with E-state index in [2.05, 4.69) is 5.32 Å². The average Bonchev–Trinajstić information content (AvgIpc) is 3.01. The van der Waals surface area contributed by atoms with Crippen molar-refractivity contribution in [1.82, 2.24) is 5.32 Å². The molecule has 3 saturated carbocycles. The van der Waals surface area contributed by atoms with Gasteiger partial charge in [-0.1, -0.05) is 12.8 Å². The van der Waals surface area contributed by atoms with Crippen LogP contribution in [0.2, 0.25) is 0 Å². The third kappa shape index (κ3) is 2.75. The highest BCUT2D eigenvalue weighted by Crippen LogP contribution is 2.58. The van der Waals surface area contributed by atoms with Gasteiger partial charge in [-0.3, -0.25) is 0 Å². The molecule has 0 heterocycles. The van der Waals surface area contributed by atoms with E-state index in [1.165, 1.54) is 64.3 Å². The van der Waals surface area contributed by atoms with E-state index in [1.54, 1.807) is 0 Å². The van der Waals surface area contributed by atoms with Gasteiger partial charge in [0.15, 0.2) is 0 Å². The lowest BCUT2D eigenvalue weighted by atomic mass is 9.70. The standard InChI is InChI=1S/C16H29NO/c1-18-9-3-2-8-16(12-17-15-6-7-15)11-13-4-5-14(16)10-13/h13-15,17H,2-12H2,1H3. The first kappa shape index (κ1) is 12.9. The molecule has 0 amide bonds. The van der Waals surface area contributed by atoms with Gasteiger partial charge in [0.25, 0.3) is 0 Å². The van der Waals surface area contributed by atoms with Crippen LogP contribution < -0.4 is 5.32 Å². The summed E-state index contributed by atoms with van der Waals surface area (Å²) in [6.45, 7) is 2.26. The monoisotopic (exact) mass is 251 g/mol. The number of nitrogens with one attached hydrogen (secondary N) is 1. The number of unbranched alkanes of at least 4 members (excludes halogenated alkanes) is 1. The Morgan fingerprint density at radius 1 is 1.17 bits per heavy atom. The second kappa shape index (κ2) is 5.50. The molecule has 0 aromatic carbocycles. The van der Waals surface area contributed by atoms with Gasteiger partial charge in [0.05, 0.1) is 0 Å². The Bertz CT molecular complexity index is 276. The van der Waals surface area contributed by atoms with Crippen LogP contribution in [0.5, 0.6) is 0 Å². The normalized spacial score (nSPS) is 38.5. The number of ether oxygens (including phenoxy) is 1. The summed E-state index contributed by atoms with van der Waals surface area (Å²) >= 11 is 0. The molecule has 0 aromatic rings. The molecule has 3 aliphatic carbocycles. The molecule has 0 radical (unpaired) electrons. The van der Waals surface area contributed by atoms with Crippen LogP contribution in [-0.4, -0.2) is 26.3 Å². The highest BCUT2D eigenvalue weighted by atomic mass is 16.5. The molecule has 3 aliphatic rings. The van der Waals surface area contributed by atoms with E-state index in [4.69, 9.17) is 4.74 Å². The van der Waals surface area contributed by atoms with Gasteiger partial charge < -0.3 is 10.1 Å². The van der Waals surface area contributed by atoms with Crippen LogP contribution in [0.25, 0.3) is 0 Å². The predicted octanol–water partition coefficient (Wildman–Crippen LogP) is 3.36. The summed E-state index contributed by atoms with van der Waals surface area (Å²) in [4.78, 5) is 0. The fraction of sp³-hybridized carbons (Fsp3) is 1.00. The van der Waals surface area contributed by atoms with E-state index in [0.29, 0.717) is 5.41 Å². The first-order valence-electron chi connectivity index (χ1n) is 8.05. The number of hydrogen-bond acceptors (Lipinski definition) is 2. The largest absolute Gasteiger partial charge is 0.385 e. The van der Waals surface area contributed by atoms with Gasteiger partial charge in [-0.25, -0.2) is 0 Å². The van der Waals surface area contributed by atoms with Crippen molar-refractivity contribution < 1.29 is 4.74 Å². The molecule has 3 fully saturated rings. The molecule has 0 aliphatic heterocycles. The predicted molar refractivity (Wildman–Crippen MR) is 74.6 cm³/mol. The van der Waals surface area contributed by atoms with Crippen molar-refractivity contribution in [2.45, 2.75) is 63.8 Å². The van der Waals surface area contributed by atoms with Crippen molar-refractivity contribution in [2.24, 2.45) is 17.3 Å². The molecule has 3 rings (SSSR count).